The molecule has 1 aliphatic rings. The van der Waals surface area contributed by atoms with E-state index in [4.69, 9.17) is 9.15 Å². The van der Waals surface area contributed by atoms with E-state index in [1.165, 1.54) is 0 Å². The maximum absolute atomic E-state index is 12.9. The number of H-pyrrole nitrogens is 1. The number of aromatic nitrogens is 3. The monoisotopic (exact) mass is 326 g/mol. The molecule has 24 heavy (non-hydrogen) atoms. The van der Waals surface area contributed by atoms with Gasteiger partial charge in [0, 0.05) is 30.6 Å². The summed E-state index contributed by atoms with van der Waals surface area (Å²) < 4.78 is 11.0. The van der Waals surface area contributed by atoms with Crippen molar-refractivity contribution in [3.63, 3.8) is 0 Å². The van der Waals surface area contributed by atoms with Crippen LogP contribution in [0, 0.1) is 6.92 Å². The van der Waals surface area contributed by atoms with Crippen molar-refractivity contribution in [3.05, 3.63) is 47.8 Å². The van der Waals surface area contributed by atoms with Crippen LogP contribution < -0.4 is 0 Å². The molecular formula is C17H18N4O3. The van der Waals surface area contributed by atoms with Gasteiger partial charge in [-0.25, -0.2) is 0 Å². The summed E-state index contributed by atoms with van der Waals surface area (Å²) in [5.41, 5.74) is 2.02. The van der Waals surface area contributed by atoms with Gasteiger partial charge in [-0.05, 0) is 11.6 Å². The van der Waals surface area contributed by atoms with Gasteiger partial charge in [-0.2, -0.15) is 0 Å². The second kappa shape index (κ2) is 6.09. The molecule has 7 nitrogen and oxygen atoms in total. The number of aromatic amines is 1. The van der Waals surface area contributed by atoms with Crippen molar-refractivity contribution in [1.29, 1.82) is 0 Å². The molecule has 1 aliphatic heterocycles. The smallest absolute Gasteiger partial charge is 0.241 e. The number of carbonyl (C=O) groups is 1. The molecule has 1 N–H and O–H groups in total. The average Bonchev–Trinajstić information content (AvgIpc) is 3.22. The zero-order valence-electron chi connectivity index (χ0n) is 13.4. The molecular weight excluding hydrogens is 308 g/mol. The average molecular weight is 326 g/mol. The van der Waals surface area contributed by atoms with Gasteiger partial charge in [0.15, 0.2) is 0 Å². The summed E-state index contributed by atoms with van der Waals surface area (Å²) in [6.07, 6.45) is 2.22. The molecule has 3 heterocycles. The van der Waals surface area contributed by atoms with E-state index >= 15 is 0 Å². The topological polar surface area (TPSA) is 84.3 Å². The van der Waals surface area contributed by atoms with Crippen LogP contribution in [0.5, 0.6) is 0 Å². The van der Waals surface area contributed by atoms with Crippen molar-refractivity contribution in [2.75, 3.05) is 19.8 Å². The number of nitrogens with one attached hydrogen (secondary N) is 1. The lowest BCUT2D eigenvalue weighted by Gasteiger charge is -2.33. The quantitative estimate of drug-likeness (QED) is 0.796. The Bertz CT molecular complexity index is 869. The lowest BCUT2D eigenvalue weighted by molar-refractivity contribution is -0.140. The molecule has 0 bridgehead atoms. The third-order valence-corrected chi connectivity index (χ3v) is 4.29. The van der Waals surface area contributed by atoms with E-state index in [-0.39, 0.29) is 11.9 Å². The van der Waals surface area contributed by atoms with Crippen molar-refractivity contribution in [2.24, 2.45) is 0 Å². The zero-order valence-corrected chi connectivity index (χ0v) is 13.4. The van der Waals surface area contributed by atoms with Crippen LogP contribution in [0.1, 0.15) is 23.4 Å². The number of para-hydroxylation sites is 1. The van der Waals surface area contributed by atoms with Crippen LogP contribution in [0.4, 0.5) is 0 Å². The Balaban J connectivity index is 1.57. The maximum atomic E-state index is 12.9. The van der Waals surface area contributed by atoms with Crippen molar-refractivity contribution < 1.29 is 13.9 Å². The lowest BCUT2D eigenvalue weighted by atomic mass is 10.1. The highest BCUT2D eigenvalue weighted by atomic mass is 16.5. The standard InChI is InChI=1S/C17H18N4O3/c1-11-19-20-17(24-11)15-10-23-7-6-21(15)16(22)8-12-9-18-14-5-3-2-4-13(12)14/h2-5,9,15,18H,6-8,10H2,1H3/t15-/m1/s1. The molecule has 4 rings (SSSR count). The lowest BCUT2D eigenvalue weighted by Crippen LogP contribution is -2.44. The fourth-order valence-electron chi connectivity index (χ4n) is 3.10. The number of fused-ring (bicyclic) bond motifs is 1. The van der Waals surface area contributed by atoms with E-state index in [9.17, 15) is 4.79 Å². The molecule has 7 heteroatoms. The number of aryl methyl sites for hydroxylation is 1. The number of hydrogen-bond acceptors (Lipinski definition) is 5. The van der Waals surface area contributed by atoms with Crippen LogP contribution in [-0.2, 0) is 16.0 Å². The van der Waals surface area contributed by atoms with Crippen LogP contribution >= 0.6 is 0 Å². The Morgan fingerprint density at radius 1 is 1.38 bits per heavy atom. The van der Waals surface area contributed by atoms with Crippen LogP contribution in [0.25, 0.3) is 10.9 Å². The van der Waals surface area contributed by atoms with Crippen LogP contribution in [0.2, 0.25) is 0 Å². The minimum Gasteiger partial charge on any atom is -0.423 e. The summed E-state index contributed by atoms with van der Waals surface area (Å²) in [6, 6.07) is 7.65. The maximum Gasteiger partial charge on any atom is 0.241 e. The molecule has 0 saturated carbocycles. The summed E-state index contributed by atoms with van der Waals surface area (Å²) in [5.74, 6) is 0.947. The number of benzene rings is 1. The number of rotatable bonds is 3. The zero-order chi connectivity index (χ0) is 16.5. The van der Waals surface area contributed by atoms with E-state index in [1.54, 1.807) is 11.8 Å². The van der Waals surface area contributed by atoms with Gasteiger partial charge >= 0.3 is 0 Å². The molecule has 1 aromatic carbocycles. The van der Waals surface area contributed by atoms with Crippen LogP contribution in [0.15, 0.2) is 34.9 Å². The number of amides is 1. The molecule has 3 aromatic rings. The fourth-order valence-corrected chi connectivity index (χ4v) is 3.10. The summed E-state index contributed by atoms with van der Waals surface area (Å²) in [5, 5.41) is 8.98. The van der Waals surface area contributed by atoms with Gasteiger partial charge in [-0.1, -0.05) is 18.2 Å². The first kappa shape index (κ1) is 14.9. The second-order valence-electron chi connectivity index (χ2n) is 5.87. The summed E-state index contributed by atoms with van der Waals surface area (Å²) >= 11 is 0. The highest BCUT2D eigenvalue weighted by Crippen LogP contribution is 2.25. The van der Waals surface area contributed by atoms with E-state index in [0.717, 1.165) is 16.5 Å². The van der Waals surface area contributed by atoms with Gasteiger partial charge in [0.25, 0.3) is 0 Å². The van der Waals surface area contributed by atoms with E-state index in [2.05, 4.69) is 15.2 Å². The largest absolute Gasteiger partial charge is 0.423 e. The molecule has 1 atom stereocenters. The summed E-state index contributed by atoms with van der Waals surface area (Å²) in [4.78, 5) is 17.8. The van der Waals surface area contributed by atoms with Gasteiger partial charge in [-0.15, -0.1) is 10.2 Å². The number of nitrogens with zero attached hydrogens (tertiary/aromatic N) is 3. The Morgan fingerprint density at radius 2 is 2.25 bits per heavy atom. The van der Waals surface area contributed by atoms with Crippen molar-refractivity contribution in [3.8, 4) is 0 Å². The van der Waals surface area contributed by atoms with E-state index in [0.29, 0.717) is 38.0 Å². The highest BCUT2D eigenvalue weighted by Gasteiger charge is 2.32. The molecule has 0 aliphatic carbocycles. The first-order valence-corrected chi connectivity index (χ1v) is 7.94. The molecule has 0 unspecified atom stereocenters. The Hall–Kier alpha value is -2.67. The number of hydrogen-bond donors (Lipinski definition) is 1. The van der Waals surface area contributed by atoms with Gasteiger partial charge in [0.05, 0.1) is 19.6 Å². The first-order chi connectivity index (χ1) is 11.7. The van der Waals surface area contributed by atoms with Crippen molar-refractivity contribution in [2.45, 2.75) is 19.4 Å². The molecule has 1 amide bonds. The van der Waals surface area contributed by atoms with E-state index in [1.807, 2.05) is 30.5 Å². The molecule has 0 radical (unpaired) electrons. The van der Waals surface area contributed by atoms with Crippen molar-refractivity contribution >= 4 is 16.8 Å². The van der Waals surface area contributed by atoms with Crippen LogP contribution in [0.3, 0.4) is 0 Å². The molecule has 0 spiro atoms. The third-order valence-electron chi connectivity index (χ3n) is 4.29. The first-order valence-electron chi connectivity index (χ1n) is 7.94. The molecule has 124 valence electrons. The van der Waals surface area contributed by atoms with Gasteiger partial charge in [-0.3, -0.25) is 4.79 Å². The summed E-state index contributed by atoms with van der Waals surface area (Å²) in [7, 11) is 0. The third kappa shape index (κ3) is 2.67. The van der Waals surface area contributed by atoms with Gasteiger partial charge < -0.3 is 19.0 Å². The number of carbonyl (C=O) groups excluding carboxylic acids is 1. The number of ether oxygens (including phenoxy) is 1. The van der Waals surface area contributed by atoms with Gasteiger partial charge in [0.2, 0.25) is 17.7 Å². The van der Waals surface area contributed by atoms with Crippen molar-refractivity contribution in [1.82, 2.24) is 20.1 Å². The fraction of sp³-hybridized carbons (Fsp3) is 0.353. The molecule has 2 aromatic heterocycles. The normalized spacial score (nSPS) is 18.2. The Morgan fingerprint density at radius 3 is 3.08 bits per heavy atom. The number of morpholine rings is 1. The SMILES string of the molecule is Cc1nnc([C@H]2COCCN2C(=O)Cc2c[nH]c3ccccc23)o1. The summed E-state index contributed by atoms with van der Waals surface area (Å²) in [6.45, 7) is 3.15. The predicted molar refractivity (Wildman–Crippen MR) is 86.3 cm³/mol. The molecule has 1 saturated heterocycles. The van der Waals surface area contributed by atoms with Crippen LogP contribution in [-0.4, -0.2) is 45.7 Å². The highest BCUT2D eigenvalue weighted by molar-refractivity contribution is 5.89. The van der Waals surface area contributed by atoms with E-state index < -0.39 is 0 Å². The minimum atomic E-state index is -0.322. The van der Waals surface area contributed by atoms with Gasteiger partial charge in [0.1, 0.15) is 6.04 Å². The predicted octanol–water partition coefficient (Wildman–Crippen LogP) is 2.00. The second-order valence-corrected chi connectivity index (χ2v) is 5.87. The molecule has 1 fully saturated rings. The minimum absolute atomic E-state index is 0.0314. The Kier molecular flexibility index (Phi) is 3.78. The Labute approximate surface area is 138 Å².